The summed E-state index contributed by atoms with van der Waals surface area (Å²) >= 11 is 0. The smallest absolute Gasteiger partial charge is 0.419 e. The van der Waals surface area contributed by atoms with E-state index in [0.717, 1.165) is 11.6 Å². The summed E-state index contributed by atoms with van der Waals surface area (Å²) in [5, 5.41) is 6.55. The number of nitrogens with one attached hydrogen (secondary N) is 1. The Balaban J connectivity index is 1.98. The highest BCUT2D eigenvalue weighted by Crippen LogP contribution is 2.36. The van der Waals surface area contributed by atoms with E-state index in [2.05, 4.69) is 10.4 Å². The second kappa shape index (κ2) is 6.72. The molecule has 0 spiro atoms. The number of alkyl halides is 3. The van der Waals surface area contributed by atoms with E-state index in [0.29, 0.717) is 0 Å². The summed E-state index contributed by atoms with van der Waals surface area (Å²) in [7, 11) is 1.74. The van der Waals surface area contributed by atoms with Crippen LogP contribution in [0.3, 0.4) is 0 Å². The number of carbonyl (C=O) groups excluding carboxylic acids is 1. The zero-order valence-electron chi connectivity index (χ0n) is 12.6. The van der Waals surface area contributed by atoms with Gasteiger partial charge < -0.3 is 10.1 Å². The van der Waals surface area contributed by atoms with Gasteiger partial charge in [0.05, 0.1) is 11.8 Å². The van der Waals surface area contributed by atoms with E-state index in [1.807, 2.05) is 0 Å². The minimum atomic E-state index is -4.54. The van der Waals surface area contributed by atoms with Crippen LogP contribution < -0.4 is 10.1 Å². The van der Waals surface area contributed by atoms with Crippen molar-refractivity contribution >= 4 is 5.91 Å². The monoisotopic (exact) mass is 327 g/mol. The van der Waals surface area contributed by atoms with Crippen LogP contribution in [0.2, 0.25) is 0 Å². The standard InChI is InChI=1S/C15H16F3N3O2/c1-10(14(22)19-7-11-8-20-21(2)9-11)23-13-6-4-3-5-12(13)15(16,17)18/h3-6,8-10H,7H2,1-2H3,(H,19,22). The van der Waals surface area contributed by atoms with Gasteiger partial charge in [-0.1, -0.05) is 12.1 Å². The average Bonchev–Trinajstić information content (AvgIpc) is 2.89. The zero-order valence-corrected chi connectivity index (χ0v) is 12.6. The van der Waals surface area contributed by atoms with E-state index < -0.39 is 23.8 Å². The molecule has 23 heavy (non-hydrogen) atoms. The van der Waals surface area contributed by atoms with Gasteiger partial charge in [0.1, 0.15) is 5.75 Å². The summed E-state index contributed by atoms with van der Waals surface area (Å²) in [5.41, 5.74) is -0.129. The highest BCUT2D eigenvalue weighted by Gasteiger charge is 2.34. The number of hydrogen-bond acceptors (Lipinski definition) is 3. The van der Waals surface area contributed by atoms with Gasteiger partial charge in [0.2, 0.25) is 0 Å². The number of amides is 1. The Bertz CT molecular complexity index is 683. The molecular formula is C15H16F3N3O2. The fraction of sp³-hybridized carbons (Fsp3) is 0.333. The van der Waals surface area contributed by atoms with Crippen LogP contribution in [0.5, 0.6) is 5.75 Å². The summed E-state index contributed by atoms with van der Waals surface area (Å²) < 4.78 is 45.4. The van der Waals surface area contributed by atoms with Crippen molar-refractivity contribution in [3.05, 3.63) is 47.8 Å². The predicted octanol–water partition coefficient (Wildman–Crippen LogP) is 2.52. The molecule has 5 nitrogen and oxygen atoms in total. The molecule has 0 aliphatic rings. The maximum absolute atomic E-state index is 12.9. The van der Waals surface area contributed by atoms with Crippen molar-refractivity contribution in [3.63, 3.8) is 0 Å². The molecule has 1 atom stereocenters. The molecule has 1 aromatic heterocycles. The van der Waals surface area contributed by atoms with Crippen molar-refractivity contribution in [1.82, 2.24) is 15.1 Å². The van der Waals surface area contributed by atoms with Gasteiger partial charge in [0, 0.05) is 25.4 Å². The summed E-state index contributed by atoms with van der Waals surface area (Å²) in [6.07, 6.45) is -2.28. The lowest BCUT2D eigenvalue weighted by atomic mass is 10.2. The highest BCUT2D eigenvalue weighted by atomic mass is 19.4. The van der Waals surface area contributed by atoms with Crippen LogP contribution in [0.1, 0.15) is 18.1 Å². The summed E-state index contributed by atoms with van der Waals surface area (Å²) in [6, 6.07) is 4.79. The normalized spacial score (nSPS) is 12.7. The first kappa shape index (κ1) is 16.9. The molecular weight excluding hydrogens is 311 g/mol. The second-order valence-corrected chi connectivity index (χ2v) is 4.99. The molecule has 1 heterocycles. The van der Waals surface area contributed by atoms with Gasteiger partial charge >= 0.3 is 6.18 Å². The number of para-hydroxylation sites is 1. The number of nitrogens with zero attached hydrogens (tertiary/aromatic N) is 2. The van der Waals surface area contributed by atoms with Crippen LogP contribution in [0.4, 0.5) is 13.2 Å². The van der Waals surface area contributed by atoms with Crippen molar-refractivity contribution in [2.24, 2.45) is 7.05 Å². The highest BCUT2D eigenvalue weighted by molar-refractivity contribution is 5.80. The molecule has 0 bridgehead atoms. The lowest BCUT2D eigenvalue weighted by Gasteiger charge is -2.18. The third kappa shape index (κ3) is 4.48. The van der Waals surface area contributed by atoms with Crippen LogP contribution in [-0.2, 0) is 24.6 Å². The lowest BCUT2D eigenvalue weighted by molar-refractivity contribution is -0.140. The third-order valence-electron chi connectivity index (χ3n) is 3.09. The largest absolute Gasteiger partial charge is 0.480 e. The fourth-order valence-electron chi connectivity index (χ4n) is 1.94. The predicted molar refractivity (Wildman–Crippen MR) is 76.6 cm³/mol. The molecule has 8 heteroatoms. The molecule has 0 aliphatic carbocycles. The number of aromatic nitrogens is 2. The number of halogens is 3. The van der Waals surface area contributed by atoms with Crippen molar-refractivity contribution in [2.45, 2.75) is 25.7 Å². The zero-order chi connectivity index (χ0) is 17.0. The molecule has 124 valence electrons. The van der Waals surface area contributed by atoms with E-state index >= 15 is 0 Å². The maximum Gasteiger partial charge on any atom is 0.419 e. The quantitative estimate of drug-likeness (QED) is 0.918. The Kier molecular flexibility index (Phi) is 4.92. The summed E-state index contributed by atoms with van der Waals surface area (Å²) in [6.45, 7) is 1.62. The Morgan fingerprint density at radius 1 is 1.39 bits per heavy atom. The number of ether oxygens (including phenoxy) is 1. The Hall–Kier alpha value is -2.51. The van der Waals surface area contributed by atoms with E-state index in [1.54, 1.807) is 24.1 Å². The fourth-order valence-corrected chi connectivity index (χ4v) is 1.94. The number of benzene rings is 1. The first-order chi connectivity index (χ1) is 10.8. The number of carbonyl (C=O) groups is 1. The van der Waals surface area contributed by atoms with Crippen LogP contribution in [-0.4, -0.2) is 21.8 Å². The molecule has 0 saturated carbocycles. The molecule has 1 amide bonds. The molecule has 0 aliphatic heterocycles. The Labute approximate surface area is 131 Å². The molecule has 1 N–H and O–H groups in total. The Morgan fingerprint density at radius 2 is 2.09 bits per heavy atom. The lowest BCUT2D eigenvalue weighted by Crippen LogP contribution is -2.36. The van der Waals surface area contributed by atoms with E-state index in [-0.39, 0.29) is 12.3 Å². The van der Waals surface area contributed by atoms with Gasteiger partial charge in [-0.15, -0.1) is 0 Å². The number of hydrogen-bond donors (Lipinski definition) is 1. The summed E-state index contributed by atoms with van der Waals surface area (Å²) in [5.74, 6) is -0.880. The molecule has 1 unspecified atom stereocenters. The Morgan fingerprint density at radius 3 is 2.70 bits per heavy atom. The van der Waals surface area contributed by atoms with Crippen molar-refractivity contribution < 1.29 is 22.7 Å². The molecule has 0 saturated heterocycles. The average molecular weight is 327 g/mol. The minimum Gasteiger partial charge on any atom is -0.480 e. The van der Waals surface area contributed by atoms with E-state index in [9.17, 15) is 18.0 Å². The van der Waals surface area contributed by atoms with Crippen LogP contribution >= 0.6 is 0 Å². The number of rotatable bonds is 5. The molecule has 0 radical (unpaired) electrons. The molecule has 1 aromatic carbocycles. The SMILES string of the molecule is CC(Oc1ccccc1C(F)(F)F)C(=O)NCc1cnn(C)c1. The topological polar surface area (TPSA) is 56.1 Å². The van der Waals surface area contributed by atoms with Gasteiger partial charge in [-0.3, -0.25) is 9.48 Å². The number of aryl methyl sites for hydroxylation is 1. The second-order valence-electron chi connectivity index (χ2n) is 4.99. The molecule has 2 rings (SSSR count). The first-order valence-corrected chi connectivity index (χ1v) is 6.85. The van der Waals surface area contributed by atoms with Gasteiger partial charge in [0.25, 0.3) is 5.91 Å². The van der Waals surface area contributed by atoms with Gasteiger partial charge in [0.15, 0.2) is 6.10 Å². The van der Waals surface area contributed by atoms with Crippen molar-refractivity contribution in [3.8, 4) is 5.75 Å². The van der Waals surface area contributed by atoms with Crippen molar-refractivity contribution in [1.29, 1.82) is 0 Å². The van der Waals surface area contributed by atoms with E-state index in [4.69, 9.17) is 4.74 Å². The van der Waals surface area contributed by atoms with Crippen LogP contribution in [0, 0.1) is 0 Å². The van der Waals surface area contributed by atoms with E-state index in [1.165, 1.54) is 25.1 Å². The van der Waals surface area contributed by atoms with Gasteiger partial charge in [-0.05, 0) is 19.1 Å². The van der Waals surface area contributed by atoms with Crippen LogP contribution in [0.15, 0.2) is 36.7 Å². The molecule has 2 aromatic rings. The minimum absolute atomic E-state index is 0.224. The first-order valence-electron chi connectivity index (χ1n) is 6.85. The third-order valence-corrected chi connectivity index (χ3v) is 3.09. The summed E-state index contributed by atoms with van der Waals surface area (Å²) in [4.78, 5) is 11.9. The maximum atomic E-state index is 12.9. The van der Waals surface area contributed by atoms with Crippen LogP contribution in [0.25, 0.3) is 0 Å². The van der Waals surface area contributed by atoms with Gasteiger partial charge in [-0.2, -0.15) is 18.3 Å². The van der Waals surface area contributed by atoms with Gasteiger partial charge in [-0.25, -0.2) is 0 Å². The molecule has 0 fully saturated rings. The van der Waals surface area contributed by atoms with Crippen molar-refractivity contribution in [2.75, 3.05) is 0 Å².